The van der Waals surface area contributed by atoms with Gasteiger partial charge in [0.1, 0.15) is 50.2 Å². The Morgan fingerprint density at radius 1 is 0.564 bits per heavy atom. The van der Waals surface area contributed by atoms with E-state index >= 15 is 0 Å². The van der Waals surface area contributed by atoms with E-state index in [1.165, 1.54) is 9.49 Å². The van der Waals surface area contributed by atoms with Gasteiger partial charge in [0.15, 0.2) is 15.5 Å². The standard InChI is InChI=1S/C25H28N4O4S.C18H22N4O2.C16H20N4O2S.C12H13N5.C3H7ClO2S.C2HF3O.C2H6.2CH4.Na.H2O/c1-16-5-7-19(8-6-16)34(31,32)29-10-9-20-23-21(14-26-24(20)29)27-15-28(23)18-11-17(12-18)13-22(30)33-25(2,3)4;1-18(2,3)24-15(23)8-11-6-12(7-11)22-10-21-14-9-20-17-13(16(14)22)4-5-19-17;1-2-5-23(21,22)9-11-6-12(7-11)20-10-19-14-8-18-16-13(15(14)20)3-4-17-16;13-7-3-8(4-7)17-6-16-10-5-15-12-9(11(10)17)1-2-14-12;1-2-3-7(4,5)6;3-2(4,5)1-6;1-2;;;;/h5-10,14-15,17-18H,11-13H2,1-4H3;4-5,9-12H,6-8H2,1-3H3,(H,19,20);3-4,8,10-12H,2,5-7,9H2,1H3,(H,17,18);1-2,5-8H,3-4,13H2,(H,14,15);2-3H2,1H3;1H;1-2H3;2*1H4;;1H2/q;;;;;;;;;+1;/p-1/i;;;;;;1D;;;;. The Bertz CT molecular complexity index is 5890. The third-order valence-corrected chi connectivity index (χ3v) is 24.9. The molecule has 29 nitrogen and oxygen atoms in total. The summed E-state index contributed by atoms with van der Waals surface area (Å²) in [6, 6.07) is 16.4. The van der Waals surface area contributed by atoms with Gasteiger partial charge >= 0.3 is 47.7 Å². The van der Waals surface area contributed by atoms with Crippen molar-refractivity contribution in [2.45, 2.75) is 221 Å². The fourth-order valence-electron chi connectivity index (χ4n) is 14.7. The topological polar surface area (TPSA) is 403 Å². The second-order valence-electron chi connectivity index (χ2n) is 30.9. The number of nitrogens with two attached hydrogens (primary N) is 1. The van der Waals surface area contributed by atoms with Gasteiger partial charge in [0.05, 0.1) is 88.6 Å². The Hall–Kier alpha value is -8.68. The Morgan fingerprint density at radius 2 is 0.906 bits per heavy atom. The molecule has 630 valence electrons. The van der Waals surface area contributed by atoms with Crippen molar-refractivity contribution in [1.29, 1.82) is 0 Å². The largest absolute Gasteiger partial charge is 1.00 e. The van der Waals surface area contributed by atoms with Gasteiger partial charge in [0.2, 0.25) is 15.3 Å². The number of sulfone groups is 1. The van der Waals surface area contributed by atoms with Gasteiger partial charge in [0.25, 0.3) is 10.0 Å². The number of rotatable bonds is 16. The number of H-pyrrole nitrogens is 3. The number of hydrogen-bond acceptors (Lipinski definition) is 21. The van der Waals surface area contributed by atoms with Crippen LogP contribution in [0, 0.1) is 24.7 Å². The van der Waals surface area contributed by atoms with Crippen molar-refractivity contribution in [3.05, 3.63) is 129 Å². The average Bonchev–Trinajstić information content (AvgIpc) is 1.51. The molecule has 37 heteroatoms. The summed E-state index contributed by atoms with van der Waals surface area (Å²) in [6.07, 6.45) is 25.8. The van der Waals surface area contributed by atoms with Crippen LogP contribution in [-0.2, 0) is 52.8 Å². The molecule has 0 spiro atoms. The summed E-state index contributed by atoms with van der Waals surface area (Å²) in [5, 5.41) is 4.05. The normalized spacial score (nSPS) is 19.1. The fraction of sp³-hybridized carbons (Fsp3) is 0.487. The van der Waals surface area contributed by atoms with Gasteiger partial charge in [-0.05, 0) is 167 Å². The number of aldehydes is 1. The molecule has 4 saturated carbocycles. The summed E-state index contributed by atoms with van der Waals surface area (Å²) in [5.41, 5.74) is 16.7. The van der Waals surface area contributed by atoms with Crippen molar-refractivity contribution in [1.82, 2.24) is 77.1 Å². The third kappa shape index (κ3) is 23.2. The molecule has 12 aromatic heterocycles. The number of nitrogens with one attached hydrogen (secondary N) is 3. The van der Waals surface area contributed by atoms with Crippen molar-refractivity contribution in [2.24, 2.45) is 23.5 Å². The number of aromatic amines is 3. The van der Waals surface area contributed by atoms with Crippen LogP contribution in [0.25, 0.3) is 88.3 Å². The molecule has 12 heterocycles. The second-order valence-corrected chi connectivity index (χ2v) is 37.9. The first-order valence-electron chi connectivity index (χ1n) is 38.2. The Kier molecular flexibility index (Phi) is 31.6. The fourth-order valence-corrected chi connectivity index (χ4v) is 18.7. The Balaban J connectivity index is 0.000000206. The zero-order valence-electron chi connectivity index (χ0n) is 67.1. The van der Waals surface area contributed by atoms with Crippen LogP contribution in [0.15, 0.2) is 128 Å². The van der Waals surface area contributed by atoms with Crippen molar-refractivity contribution >= 4 is 146 Å². The van der Waals surface area contributed by atoms with E-state index in [1.54, 1.807) is 69.1 Å². The van der Waals surface area contributed by atoms with E-state index in [4.69, 9.17) is 32.1 Å². The van der Waals surface area contributed by atoms with E-state index < -0.39 is 52.6 Å². The van der Waals surface area contributed by atoms with Gasteiger partial charge in [-0.1, -0.05) is 60.2 Å². The SMILES string of the molecule is C.C.CC(C)(C)OC(=O)CC1CC(n2cnc3cnc4[nH]ccc4c32)C1.CCCS(=O)(=O)CC1CC(n2cnc3cnc4[nH]ccc4c32)C1.CCCS(=O)(=O)Cl.Cc1ccc(S(=O)(=O)n2ccc3c4c(cnc32)ncn4C2CC(CC(=O)OC(C)(C)C)C2)cc1.NC1CC(n2cnc3cnc4[nH]ccc4c32)C1.O=CC(F)(F)F.[2H]CC.[Na+].[OH-]. The number of carbonyl (C=O) groups is 3. The molecule has 0 bridgehead atoms. The molecule has 4 aliphatic carbocycles. The van der Waals surface area contributed by atoms with Crippen LogP contribution in [-0.4, -0.2) is 167 Å². The molecule has 0 unspecified atom stereocenters. The number of pyridine rings is 4. The van der Waals surface area contributed by atoms with Crippen molar-refractivity contribution in [3.8, 4) is 0 Å². The predicted molar refractivity (Wildman–Crippen MR) is 445 cm³/mol. The number of benzene rings is 1. The molecule has 117 heavy (non-hydrogen) atoms. The number of fused-ring (bicyclic) bond motifs is 12. The maximum atomic E-state index is 13.3. The number of esters is 2. The monoisotopic (exact) mass is 1710 g/mol. The summed E-state index contributed by atoms with van der Waals surface area (Å²) < 4.78 is 129. The minimum atomic E-state index is -4.64. The number of alkyl halides is 3. The summed E-state index contributed by atoms with van der Waals surface area (Å²) in [7, 11) is -5.07. The zero-order valence-corrected chi connectivity index (χ0v) is 71.3. The van der Waals surface area contributed by atoms with E-state index in [2.05, 4.69) is 79.2 Å². The van der Waals surface area contributed by atoms with Crippen LogP contribution in [0.5, 0.6) is 0 Å². The summed E-state index contributed by atoms with van der Waals surface area (Å²) in [6.45, 7) is 19.2. The van der Waals surface area contributed by atoms with Gasteiger partial charge < -0.3 is 53.9 Å². The number of aryl methyl sites for hydroxylation is 1. The van der Waals surface area contributed by atoms with Crippen molar-refractivity contribution in [2.75, 3.05) is 17.3 Å². The van der Waals surface area contributed by atoms with E-state index in [0.717, 1.165) is 129 Å². The van der Waals surface area contributed by atoms with E-state index in [1.807, 2.05) is 117 Å². The molecule has 13 aromatic rings. The first kappa shape index (κ1) is 93.8. The molecular weight excluding hydrogens is 1600 g/mol. The molecule has 0 amide bonds. The predicted octanol–water partition coefficient (Wildman–Crippen LogP) is 13.3. The molecule has 0 saturated heterocycles. The quantitative estimate of drug-likeness (QED) is 0.0302. The van der Waals surface area contributed by atoms with Crippen LogP contribution in [0.2, 0.25) is 0 Å². The summed E-state index contributed by atoms with van der Waals surface area (Å²) in [4.78, 5) is 77.8. The Labute approximate surface area is 707 Å². The van der Waals surface area contributed by atoms with Crippen LogP contribution >= 0.6 is 10.7 Å². The third-order valence-electron chi connectivity index (χ3n) is 19.8. The zero-order chi connectivity index (χ0) is 82.4. The minimum absolute atomic E-state index is 0. The summed E-state index contributed by atoms with van der Waals surface area (Å²) >= 11 is 0. The van der Waals surface area contributed by atoms with Gasteiger partial charge in [-0.2, -0.15) is 13.2 Å². The number of halogens is 4. The van der Waals surface area contributed by atoms with E-state index in [-0.39, 0.29) is 90.4 Å². The second kappa shape index (κ2) is 39.5. The van der Waals surface area contributed by atoms with Crippen LogP contribution in [0.3, 0.4) is 0 Å². The first-order valence-corrected chi connectivity index (χ1v) is 43.3. The first-order chi connectivity index (χ1) is 53.9. The van der Waals surface area contributed by atoms with E-state index in [9.17, 15) is 48.0 Å². The van der Waals surface area contributed by atoms with Crippen LogP contribution in [0.1, 0.15) is 192 Å². The minimum Gasteiger partial charge on any atom is -0.870 e. The molecular formula is C80H106ClF3N17NaO12S3. The molecule has 0 aliphatic heterocycles. The molecule has 6 N–H and O–H groups in total. The van der Waals surface area contributed by atoms with Gasteiger partial charge in [-0.3, -0.25) is 14.4 Å². The van der Waals surface area contributed by atoms with Gasteiger partial charge in [0, 0.05) is 107 Å². The average molecular weight is 1710 g/mol. The van der Waals surface area contributed by atoms with E-state index in [0.29, 0.717) is 85.3 Å². The molecule has 1 aromatic carbocycles. The number of nitrogens with zero attached hydrogens (tertiary/aromatic N) is 13. The van der Waals surface area contributed by atoms with Gasteiger partial charge in [-0.15, -0.1) is 0 Å². The number of ether oxygens (including phenoxy) is 2. The molecule has 0 radical (unpaired) electrons. The van der Waals surface area contributed by atoms with Crippen LogP contribution in [0.4, 0.5) is 13.2 Å². The smallest absolute Gasteiger partial charge is 0.870 e. The van der Waals surface area contributed by atoms with Crippen LogP contribution < -0.4 is 35.3 Å². The molecule has 17 rings (SSSR count). The van der Waals surface area contributed by atoms with Crippen molar-refractivity contribution < 1.29 is 98.7 Å². The Morgan fingerprint density at radius 3 is 1.23 bits per heavy atom. The summed E-state index contributed by atoms with van der Waals surface area (Å²) in [5.74, 6) is 1.37. The molecule has 4 aliphatic rings. The maximum absolute atomic E-state index is 13.3. The van der Waals surface area contributed by atoms with Gasteiger partial charge in [-0.25, -0.2) is 69.1 Å². The molecule has 0 atom stereocenters. The molecule has 4 fully saturated rings. The number of aromatic nitrogens is 16. The number of imidazole rings is 4. The maximum Gasteiger partial charge on any atom is 1.00 e. The number of hydrogen-bond donors (Lipinski definition) is 4. The van der Waals surface area contributed by atoms with Crippen molar-refractivity contribution in [3.63, 3.8) is 0 Å². The number of carbonyl (C=O) groups excluding carboxylic acids is 3.